The van der Waals surface area contributed by atoms with Crippen LogP contribution in [0.15, 0.2) is 31.6 Å². The van der Waals surface area contributed by atoms with Crippen molar-refractivity contribution in [2.75, 3.05) is 11.3 Å². The molecule has 19 heavy (non-hydrogen) atoms. The molecule has 0 unspecified atom stereocenters. The van der Waals surface area contributed by atoms with Crippen molar-refractivity contribution < 1.29 is 8.42 Å². The second-order valence-corrected chi connectivity index (χ2v) is 8.63. The lowest BCUT2D eigenvalue weighted by Crippen LogP contribution is -2.12. The number of thiophene rings is 2. The molecule has 4 nitrogen and oxygen atoms in total. The second-order valence-electron chi connectivity index (χ2n) is 3.75. The molecule has 0 aliphatic carbocycles. The number of hydrogen-bond acceptors (Lipinski definition) is 5. The Morgan fingerprint density at radius 3 is 2.84 bits per heavy atom. The van der Waals surface area contributed by atoms with E-state index in [-0.39, 0.29) is 4.90 Å². The molecular formula is C11H13BrN2O2S3. The summed E-state index contributed by atoms with van der Waals surface area (Å²) in [6.07, 6.45) is 0. The molecule has 0 radical (unpaired) electrons. The molecule has 0 atom stereocenters. The molecule has 2 aromatic rings. The zero-order chi connectivity index (χ0) is 13.9. The third kappa shape index (κ3) is 3.79. The van der Waals surface area contributed by atoms with E-state index in [0.717, 1.165) is 11.4 Å². The Morgan fingerprint density at radius 1 is 1.42 bits per heavy atom. The van der Waals surface area contributed by atoms with Gasteiger partial charge in [0.25, 0.3) is 10.0 Å². The van der Waals surface area contributed by atoms with Gasteiger partial charge in [0.2, 0.25) is 0 Å². The van der Waals surface area contributed by atoms with E-state index >= 15 is 0 Å². The predicted molar refractivity (Wildman–Crippen MR) is 84.5 cm³/mol. The first kappa shape index (κ1) is 15.0. The number of anilines is 1. The van der Waals surface area contributed by atoms with E-state index in [9.17, 15) is 8.42 Å². The van der Waals surface area contributed by atoms with Crippen molar-refractivity contribution in [3.8, 4) is 0 Å². The zero-order valence-corrected chi connectivity index (χ0v) is 14.2. The van der Waals surface area contributed by atoms with Crippen LogP contribution in [0.3, 0.4) is 0 Å². The average Bonchev–Trinajstić information content (AvgIpc) is 2.95. The van der Waals surface area contributed by atoms with E-state index < -0.39 is 10.0 Å². The van der Waals surface area contributed by atoms with E-state index in [4.69, 9.17) is 0 Å². The molecule has 2 N–H and O–H groups in total. The molecule has 2 aromatic heterocycles. The molecular weight excluding hydrogens is 368 g/mol. The minimum absolute atomic E-state index is 0.289. The van der Waals surface area contributed by atoms with E-state index in [2.05, 4.69) is 26.0 Å². The Bertz CT molecular complexity index is 635. The second kappa shape index (κ2) is 6.36. The van der Waals surface area contributed by atoms with Crippen LogP contribution < -0.4 is 10.0 Å². The van der Waals surface area contributed by atoms with E-state index in [0.29, 0.717) is 16.0 Å². The summed E-state index contributed by atoms with van der Waals surface area (Å²) < 4.78 is 27.7. The van der Waals surface area contributed by atoms with Gasteiger partial charge in [0, 0.05) is 16.8 Å². The standard InChI is InChI=1S/C11H13BrN2O2S3/c1-2-13-6-9-5-10(11(12)18-9)19(15,16)14-8-3-4-17-7-8/h3-5,7,13-14H,2,6H2,1H3. The number of nitrogens with one attached hydrogen (secondary N) is 2. The lowest BCUT2D eigenvalue weighted by Gasteiger charge is -2.04. The summed E-state index contributed by atoms with van der Waals surface area (Å²) in [5.41, 5.74) is 0.594. The third-order valence-electron chi connectivity index (χ3n) is 2.32. The topological polar surface area (TPSA) is 58.2 Å². The fourth-order valence-electron chi connectivity index (χ4n) is 1.45. The molecule has 0 fully saturated rings. The van der Waals surface area contributed by atoms with Gasteiger partial charge in [0.1, 0.15) is 4.90 Å². The van der Waals surface area contributed by atoms with Crippen LogP contribution in [0.5, 0.6) is 0 Å². The molecule has 0 saturated heterocycles. The molecule has 0 bridgehead atoms. The molecule has 0 amide bonds. The summed E-state index contributed by atoms with van der Waals surface area (Å²) in [7, 11) is -3.53. The first-order valence-corrected chi connectivity index (χ1v) is 9.60. The van der Waals surface area contributed by atoms with Crippen LogP contribution >= 0.6 is 38.6 Å². The molecule has 0 aromatic carbocycles. The summed E-state index contributed by atoms with van der Waals surface area (Å²) >= 11 is 6.20. The minimum atomic E-state index is -3.53. The van der Waals surface area contributed by atoms with Crippen molar-refractivity contribution in [1.82, 2.24) is 5.32 Å². The van der Waals surface area contributed by atoms with Gasteiger partial charge < -0.3 is 5.32 Å². The van der Waals surface area contributed by atoms with Crippen molar-refractivity contribution in [2.24, 2.45) is 0 Å². The number of hydrogen-bond donors (Lipinski definition) is 2. The maximum Gasteiger partial charge on any atom is 0.263 e. The Balaban J connectivity index is 2.22. The number of sulfonamides is 1. The van der Waals surface area contributed by atoms with Crippen LogP contribution in [0, 0.1) is 0 Å². The van der Waals surface area contributed by atoms with Crippen molar-refractivity contribution in [1.29, 1.82) is 0 Å². The predicted octanol–water partition coefficient (Wildman–Crippen LogP) is 3.48. The normalized spacial score (nSPS) is 11.7. The Kier molecular flexibility index (Phi) is 5.02. The van der Waals surface area contributed by atoms with Gasteiger partial charge in [0.05, 0.1) is 9.47 Å². The van der Waals surface area contributed by atoms with Gasteiger partial charge in [-0.05, 0) is 40.0 Å². The van der Waals surface area contributed by atoms with Gasteiger partial charge in [0.15, 0.2) is 0 Å². The number of halogens is 1. The van der Waals surface area contributed by atoms with Crippen LogP contribution in [-0.4, -0.2) is 15.0 Å². The highest BCUT2D eigenvalue weighted by Gasteiger charge is 2.21. The van der Waals surface area contributed by atoms with Crippen molar-refractivity contribution in [2.45, 2.75) is 18.4 Å². The van der Waals surface area contributed by atoms with Crippen molar-refractivity contribution in [3.63, 3.8) is 0 Å². The molecule has 0 aliphatic rings. The van der Waals surface area contributed by atoms with Gasteiger partial charge in [-0.3, -0.25) is 4.72 Å². The number of rotatable bonds is 6. The fourth-order valence-corrected chi connectivity index (χ4v) is 5.81. The van der Waals surface area contributed by atoms with Crippen molar-refractivity contribution >= 4 is 54.3 Å². The maximum absolute atomic E-state index is 12.3. The Hall–Kier alpha value is -0.410. The zero-order valence-electron chi connectivity index (χ0n) is 10.1. The highest BCUT2D eigenvalue weighted by Crippen LogP contribution is 2.33. The Labute approximate surface area is 129 Å². The van der Waals surface area contributed by atoms with Crippen LogP contribution in [-0.2, 0) is 16.6 Å². The molecule has 0 saturated carbocycles. The summed E-state index contributed by atoms with van der Waals surface area (Å²) in [6, 6.07) is 3.44. The van der Waals surface area contributed by atoms with E-state index in [1.165, 1.54) is 22.7 Å². The smallest absolute Gasteiger partial charge is 0.263 e. The van der Waals surface area contributed by atoms with Gasteiger partial charge in [-0.25, -0.2) is 8.42 Å². The third-order valence-corrected chi connectivity index (χ3v) is 6.64. The highest BCUT2D eigenvalue weighted by atomic mass is 79.9. The van der Waals surface area contributed by atoms with Gasteiger partial charge >= 0.3 is 0 Å². The lowest BCUT2D eigenvalue weighted by atomic mass is 10.4. The van der Waals surface area contributed by atoms with E-state index in [1.54, 1.807) is 17.5 Å². The summed E-state index contributed by atoms with van der Waals surface area (Å²) in [5, 5.41) is 6.77. The van der Waals surface area contributed by atoms with Gasteiger partial charge in [-0.15, -0.1) is 11.3 Å². The Morgan fingerprint density at radius 2 is 2.21 bits per heavy atom. The summed E-state index contributed by atoms with van der Waals surface area (Å²) in [4.78, 5) is 1.27. The fraction of sp³-hybridized carbons (Fsp3) is 0.273. The first-order valence-electron chi connectivity index (χ1n) is 5.57. The van der Waals surface area contributed by atoms with Gasteiger partial charge in [-0.2, -0.15) is 11.3 Å². The molecule has 2 heterocycles. The molecule has 8 heteroatoms. The van der Waals surface area contributed by atoms with Crippen molar-refractivity contribution in [3.05, 3.63) is 31.6 Å². The molecule has 104 valence electrons. The summed E-state index contributed by atoms with van der Waals surface area (Å²) in [6.45, 7) is 3.54. The van der Waals surface area contributed by atoms with Crippen LogP contribution in [0.4, 0.5) is 5.69 Å². The highest BCUT2D eigenvalue weighted by molar-refractivity contribution is 9.11. The van der Waals surface area contributed by atoms with E-state index in [1.807, 2.05) is 12.3 Å². The molecule has 2 rings (SSSR count). The van der Waals surface area contributed by atoms with Crippen LogP contribution in [0.1, 0.15) is 11.8 Å². The summed E-state index contributed by atoms with van der Waals surface area (Å²) in [5.74, 6) is 0. The molecule has 0 spiro atoms. The lowest BCUT2D eigenvalue weighted by molar-refractivity contribution is 0.601. The quantitative estimate of drug-likeness (QED) is 0.806. The van der Waals surface area contributed by atoms with Crippen LogP contribution in [0.25, 0.3) is 0 Å². The minimum Gasteiger partial charge on any atom is -0.312 e. The maximum atomic E-state index is 12.3. The molecule has 0 aliphatic heterocycles. The largest absolute Gasteiger partial charge is 0.312 e. The van der Waals surface area contributed by atoms with Gasteiger partial charge in [-0.1, -0.05) is 6.92 Å². The first-order chi connectivity index (χ1) is 9.03. The monoisotopic (exact) mass is 380 g/mol. The average molecular weight is 381 g/mol. The SMILES string of the molecule is CCNCc1cc(S(=O)(=O)Nc2ccsc2)c(Br)s1. The van der Waals surface area contributed by atoms with Crippen LogP contribution in [0.2, 0.25) is 0 Å².